The normalized spacial score (nSPS) is 27.6. The van der Waals surface area contributed by atoms with Gasteiger partial charge in [-0.2, -0.15) is 0 Å². The summed E-state index contributed by atoms with van der Waals surface area (Å²) >= 11 is 0. The number of hydrogen-bond acceptors (Lipinski definition) is 4. The number of rotatable bonds is 3. The fraction of sp³-hybridized carbons (Fsp3) is 0.750. The SMILES string of the molecule is O=C(C[C@H]1C=CS(=O)(=O)C1)N1CCC(C(=O)N2CCCC2)CC1. The zero-order chi connectivity index (χ0) is 16.4. The molecule has 128 valence electrons. The molecule has 0 spiro atoms. The molecular formula is C16H24N2O4S. The second kappa shape index (κ2) is 6.63. The van der Waals surface area contributed by atoms with E-state index in [1.807, 2.05) is 4.90 Å². The minimum atomic E-state index is -3.10. The molecule has 0 unspecified atom stereocenters. The molecule has 1 atom stereocenters. The van der Waals surface area contributed by atoms with E-state index in [9.17, 15) is 18.0 Å². The molecule has 2 amide bonds. The Balaban J connectivity index is 1.46. The minimum Gasteiger partial charge on any atom is -0.343 e. The van der Waals surface area contributed by atoms with Crippen molar-refractivity contribution in [3.05, 3.63) is 11.5 Å². The van der Waals surface area contributed by atoms with Crippen molar-refractivity contribution >= 4 is 21.7 Å². The lowest BCUT2D eigenvalue weighted by Crippen LogP contribution is -2.44. The highest BCUT2D eigenvalue weighted by atomic mass is 32.2. The van der Waals surface area contributed by atoms with Crippen molar-refractivity contribution in [1.82, 2.24) is 9.80 Å². The predicted octanol–water partition coefficient (Wildman–Crippen LogP) is 0.796. The quantitative estimate of drug-likeness (QED) is 0.761. The van der Waals surface area contributed by atoms with Crippen LogP contribution in [0.25, 0.3) is 0 Å². The molecule has 3 aliphatic heterocycles. The van der Waals surface area contributed by atoms with E-state index in [4.69, 9.17) is 0 Å². The zero-order valence-electron chi connectivity index (χ0n) is 13.3. The maximum atomic E-state index is 12.4. The van der Waals surface area contributed by atoms with Crippen LogP contribution in [-0.4, -0.2) is 62.0 Å². The van der Waals surface area contributed by atoms with Crippen LogP contribution in [0.15, 0.2) is 11.5 Å². The van der Waals surface area contributed by atoms with Crippen molar-refractivity contribution in [3.8, 4) is 0 Å². The van der Waals surface area contributed by atoms with Crippen LogP contribution in [0.4, 0.5) is 0 Å². The van der Waals surface area contributed by atoms with Gasteiger partial charge in [0, 0.05) is 49.8 Å². The van der Waals surface area contributed by atoms with E-state index < -0.39 is 9.84 Å². The van der Waals surface area contributed by atoms with Crippen LogP contribution in [0.2, 0.25) is 0 Å². The van der Waals surface area contributed by atoms with Crippen LogP contribution >= 0.6 is 0 Å². The number of amides is 2. The topological polar surface area (TPSA) is 74.8 Å². The Labute approximate surface area is 137 Å². The Morgan fingerprint density at radius 2 is 1.65 bits per heavy atom. The predicted molar refractivity (Wildman–Crippen MR) is 86.2 cm³/mol. The molecule has 0 N–H and O–H groups in total. The van der Waals surface area contributed by atoms with Gasteiger partial charge in [0.15, 0.2) is 9.84 Å². The van der Waals surface area contributed by atoms with E-state index >= 15 is 0 Å². The molecule has 3 heterocycles. The highest BCUT2D eigenvalue weighted by molar-refractivity contribution is 7.94. The van der Waals surface area contributed by atoms with Gasteiger partial charge in [0.25, 0.3) is 0 Å². The van der Waals surface area contributed by atoms with E-state index in [2.05, 4.69) is 0 Å². The lowest BCUT2D eigenvalue weighted by atomic mass is 9.94. The summed E-state index contributed by atoms with van der Waals surface area (Å²) in [5.74, 6) is 0.145. The third-order valence-corrected chi connectivity index (χ3v) is 6.52. The molecule has 0 radical (unpaired) electrons. The monoisotopic (exact) mass is 340 g/mol. The first-order chi connectivity index (χ1) is 10.9. The molecule has 0 aliphatic carbocycles. The van der Waals surface area contributed by atoms with Crippen LogP contribution < -0.4 is 0 Å². The number of piperidine rings is 1. The third-order valence-electron chi connectivity index (χ3n) is 5.06. The first kappa shape index (κ1) is 16.5. The summed E-state index contributed by atoms with van der Waals surface area (Å²) in [6.07, 6.45) is 5.51. The van der Waals surface area contributed by atoms with Gasteiger partial charge < -0.3 is 9.80 Å². The second-order valence-electron chi connectivity index (χ2n) is 6.81. The molecule has 0 aromatic carbocycles. The highest BCUT2D eigenvalue weighted by Gasteiger charge is 2.32. The molecule has 0 saturated carbocycles. The van der Waals surface area contributed by atoms with Gasteiger partial charge in [-0.1, -0.05) is 6.08 Å². The Morgan fingerprint density at radius 3 is 2.22 bits per heavy atom. The average molecular weight is 340 g/mol. The lowest BCUT2D eigenvalue weighted by molar-refractivity contribution is -0.140. The smallest absolute Gasteiger partial charge is 0.225 e. The van der Waals surface area contributed by atoms with Crippen LogP contribution in [0, 0.1) is 11.8 Å². The van der Waals surface area contributed by atoms with Gasteiger partial charge in [-0.3, -0.25) is 9.59 Å². The number of hydrogen-bond donors (Lipinski definition) is 0. The molecule has 3 aliphatic rings. The fourth-order valence-electron chi connectivity index (χ4n) is 3.69. The van der Waals surface area contributed by atoms with Crippen molar-refractivity contribution < 1.29 is 18.0 Å². The molecule has 2 saturated heterocycles. The second-order valence-corrected chi connectivity index (χ2v) is 8.74. The molecule has 0 bridgehead atoms. The lowest BCUT2D eigenvalue weighted by Gasteiger charge is -2.33. The number of allylic oxidation sites excluding steroid dienone is 1. The van der Waals surface area contributed by atoms with Crippen LogP contribution in [0.1, 0.15) is 32.1 Å². The summed E-state index contributed by atoms with van der Waals surface area (Å²) in [5, 5.41) is 1.21. The number of carbonyl (C=O) groups excluding carboxylic acids is 2. The standard InChI is InChI=1S/C16H24N2O4S/c19-15(11-13-5-10-23(21,22)12-13)17-8-3-14(4-9-17)16(20)18-6-1-2-7-18/h5,10,13-14H,1-4,6-9,11-12H2/t13-/m1/s1. The van der Waals surface area contributed by atoms with Crippen molar-refractivity contribution in [3.63, 3.8) is 0 Å². The average Bonchev–Trinajstić information content (AvgIpc) is 3.16. The van der Waals surface area contributed by atoms with Crippen molar-refractivity contribution in [2.24, 2.45) is 11.8 Å². The molecular weight excluding hydrogens is 316 g/mol. The van der Waals surface area contributed by atoms with Gasteiger partial charge >= 0.3 is 0 Å². The van der Waals surface area contributed by atoms with Crippen molar-refractivity contribution in [2.45, 2.75) is 32.1 Å². The summed E-state index contributed by atoms with van der Waals surface area (Å²) in [4.78, 5) is 28.4. The van der Waals surface area contributed by atoms with Gasteiger partial charge in [-0.25, -0.2) is 8.42 Å². The maximum Gasteiger partial charge on any atom is 0.225 e. The van der Waals surface area contributed by atoms with Gasteiger partial charge in [-0.05, 0) is 25.7 Å². The Hall–Kier alpha value is -1.37. The molecule has 23 heavy (non-hydrogen) atoms. The Bertz CT molecular complexity index is 600. The molecule has 3 rings (SSSR count). The summed E-state index contributed by atoms with van der Waals surface area (Å²) in [7, 11) is -3.10. The van der Waals surface area contributed by atoms with E-state index in [1.165, 1.54) is 5.41 Å². The largest absolute Gasteiger partial charge is 0.343 e. The maximum absolute atomic E-state index is 12.4. The summed E-state index contributed by atoms with van der Waals surface area (Å²) in [5.41, 5.74) is 0. The van der Waals surface area contributed by atoms with E-state index in [1.54, 1.807) is 11.0 Å². The summed E-state index contributed by atoms with van der Waals surface area (Å²) in [6.45, 7) is 2.96. The third kappa shape index (κ3) is 3.94. The van der Waals surface area contributed by atoms with Crippen LogP contribution in [-0.2, 0) is 19.4 Å². The number of sulfone groups is 1. The molecule has 2 fully saturated rings. The zero-order valence-corrected chi connectivity index (χ0v) is 14.1. The minimum absolute atomic E-state index is 0.00354. The van der Waals surface area contributed by atoms with Gasteiger partial charge in [0.05, 0.1) is 5.75 Å². The van der Waals surface area contributed by atoms with Crippen molar-refractivity contribution in [2.75, 3.05) is 31.9 Å². The van der Waals surface area contributed by atoms with E-state index in [0.29, 0.717) is 13.1 Å². The van der Waals surface area contributed by atoms with Crippen LogP contribution in [0.3, 0.4) is 0 Å². The molecule has 0 aromatic heterocycles. The fourth-order valence-corrected chi connectivity index (χ4v) is 5.09. The summed E-state index contributed by atoms with van der Waals surface area (Å²) < 4.78 is 22.8. The number of carbonyl (C=O) groups is 2. The number of likely N-dealkylation sites (tertiary alicyclic amines) is 2. The number of nitrogens with zero attached hydrogens (tertiary/aromatic N) is 2. The Kier molecular flexibility index (Phi) is 4.75. The van der Waals surface area contributed by atoms with E-state index in [0.717, 1.165) is 38.8 Å². The van der Waals surface area contributed by atoms with Gasteiger partial charge in [0.1, 0.15) is 0 Å². The Morgan fingerprint density at radius 1 is 1.00 bits per heavy atom. The summed E-state index contributed by atoms with van der Waals surface area (Å²) in [6, 6.07) is 0. The van der Waals surface area contributed by atoms with Gasteiger partial charge in [-0.15, -0.1) is 0 Å². The van der Waals surface area contributed by atoms with Crippen LogP contribution in [0.5, 0.6) is 0 Å². The van der Waals surface area contributed by atoms with E-state index in [-0.39, 0.29) is 35.8 Å². The van der Waals surface area contributed by atoms with Gasteiger partial charge in [0.2, 0.25) is 11.8 Å². The first-order valence-electron chi connectivity index (χ1n) is 8.42. The van der Waals surface area contributed by atoms with Crippen molar-refractivity contribution in [1.29, 1.82) is 0 Å². The molecule has 7 heteroatoms. The first-order valence-corrected chi connectivity index (χ1v) is 10.1. The molecule has 0 aromatic rings. The highest BCUT2D eigenvalue weighted by Crippen LogP contribution is 2.24. The molecule has 6 nitrogen and oxygen atoms in total.